The van der Waals surface area contributed by atoms with Crippen LogP contribution in [0.25, 0.3) is 0 Å². The average Bonchev–Trinajstić information content (AvgIpc) is 2.18. The van der Waals surface area contributed by atoms with Crippen LogP contribution in [-0.2, 0) is 0 Å². The Labute approximate surface area is 85.0 Å². The van der Waals surface area contributed by atoms with Crippen molar-refractivity contribution in [3.8, 4) is 0 Å². The minimum absolute atomic E-state index is 0.690. The Bertz CT molecular complexity index is 273. The van der Waals surface area contributed by atoms with Crippen LogP contribution in [0.4, 0.5) is 0 Å². The van der Waals surface area contributed by atoms with Gasteiger partial charge in [-0.3, -0.25) is 0 Å². The minimum atomic E-state index is 0.690. The summed E-state index contributed by atoms with van der Waals surface area (Å²) < 4.78 is 0. The van der Waals surface area contributed by atoms with Crippen molar-refractivity contribution in [1.29, 1.82) is 0 Å². The number of hydrogen-bond acceptors (Lipinski definition) is 3. The van der Waals surface area contributed by atoms with Crippen molar-refractivity contribution in [2.45, 2.75) is 25.7 Å². The molecular weight excluding hydrogens is 174 g/mol. The van der Waals surface area contributed by atoms with Crippen LogP contribution in [0.1, 0.15) is 31.2 Å². The van der Waals surface area contributed by atoms with E-state index < -0.39 is 0 Å². The predicted octanol–water partition coefficient (Wildman–Crippen LogP) is 1.58. The molecule has 0 bridgehead atoms. The van der Waals surface area contributed by atoms with Gasteiger partial charge in [-0.25, -0.2) is 9.97 Å². The van der Waals surface area contributed by atoms with Gasteiger partial charge in [0.25, 0.3) is 0 Å². The van der Waals surface area contributed by atoms with Crippen molar-refractivity contribution >= 4 is 0 Å². The van der Waals surface area contributed by atoms with Gasteiger partial charge in [-0.2, -0.15) is 0 Å². The first-order valence-electron chi connectivity index (χ1n) is 5.37. The maximum Gasteiger partial charge on any atom is 0.115 e. The monoisotopic (exact) mass is 191 g/mol. The van der Waals surface area contributed by atoms with Crippen LogP contribution in [0.15, 0.2) is 18.7 Å². The second-order valence-corrected chi connectivity index (χ2v) is 3.92. The highest BCUT2D eigenvalue weighted by Gasteiger charge is 2.31. The summed E-state index contributed by atoms with van der Waals surface area (Å²) in [5, 5.41) is 3.41. The molecule has 76 valence electrons. The van der Waals surface area contributed by atoms with E-state index in [1.54, 1.807) is 6.33 Å². The molecule has 1 saturated carbocycles. The van der Waals surface area contributed by atoms with Gasteiger partial charge >= 0.3 is 0 Å². The van der Waals surface area contributed by atoms with Crippen molar-refractivity contribution in [3.63, 3.8) is 0 Å². The van der Waals surface area contributed by atoms with Crippen LogP contribution >= 0.6 is 0 Å². The van der Waals surface area contributed by atoms with Crippen molar-refractivity contribution in [3.05, 3.63) is 24.3 Å². The summed E-state index contributed by atoms with van der Waals surface area (Å²) in [6.45, 7) is 4.35. The number of rotatable bonds is 4. The second kappa shape index (κ2) is 4.51. The van der Waals surface area contributed by atoms with E-state index >= 15 is 0 Å². The molecule has 1 heterocycles. The molecule has 0 saturated heterocycles. The fraction of sp³-hybridized carbons (Fsp3) is 0.636. The normalized spacial score (nSPS) is 25.8. The molecule has 14 heavy (non-hydrogen) atoms. The molecule has 0 aliphatic heterocycles. The van der Waals surface area contributed by atoms with E-state index in [1.807, 2.05) is 12.4 Å². The molecular formula is C11H17N3. The topological polar surface area (TPSA) is 37.8 Å². The zero-order valence-electron chi connectivity index (χ0n) is 8.61. The van der Waals surface area contributed by atoms with Crippen LogP contribution in [-0.4, -0.2) is 23.1 Å². The fourth-order valence-electron chi connectivity index (χ4n) is 2.08. The van der Waals surface area contributed by atoms with Gasteiger partial charge in [0.2, 0.25) is 0 Å². The lowest BCUT2D eigenvalue weighted by atomic mass is 9.70. The van der Waals surface area contributed by atoms with E-state index in [9.17, 15) is 0 Å². The Kier molecular flexibility index (Phi) is 3.09. The fourth-order valence-corrected chi connectivity index (χ4v) is 2.08. The molecule has 0 spiro atoms. The molecule has 0 radical (unpaired) electrons. The molecule has 1 aromatic heterocycles. The molecule has 0 amide bonds. The first-order chi connectivity index (χ1) is 6.92. The highest BCUT2D eigenvalue weighted by atomic mass is 14.9. The van der Waals surface area contributed by atoms with Crippen LogP contribution in [0.3, 0.4) is 0 Å². The third-order valence-electron chi connectivity index (χ3n) is 3.08. The van der Waals surface area contributed by atoms with E-state index in [1.165, 1.54) is 18.4 Å². The van der Waals surface area contributed by atoms with Crippen molar-refractivity contribution in [2.75, 3.05) is 13.1 Å². The molecule has 1 aromatic rings. The molecule has 3 nitrogen and oxygen atoms in total. The largest absolute Gasteiger partial charge is 0.317 e. The molecule has 3 heteroatoms. The van der Waals surface area contributed by atoms with Gasteiger partial charge in [0, 0.05) is 12.4 Å². The van der Waals surface area contributed by atoms with Crippen molar-refractivity contribution in [1.82, 2.24) is 15.3 Å². The Hall–Kier alpha value is -0.960. The maximum atomic E-state index is 4.07. The van der Waals surface area contributed by atoms with Gasteiger partial charge in [0.15, 0.2) is 0 Å². The number of hydrogen-bond donors (Lipinski definition) is 1. The van der Waals surface area contributed by atoms with E-state index in [0.29, 0.717) is 5.92 Å². The summed E-state index contributed by atoms with van der Waals surface area (Å²) in [5.74, 6) is 1.48. The summed E-state index contributed by atoms with van der Waals surface area (Å²) in [6, 6.07) is 0. The first kappa shape index (κ1) is 9.59. The van der Waals surface area contributed by atoms with Crippen molar-refractivity contribution in [2.24, 2.45) is 5.92 Å². The second-order valence-electron chi connectivity index (χ2n) is 3.92. The summed E-state index contributed by atoms with van der Waals surface area (Å²) in [4.78, 5) is 8.14. The summed E-state index contributed by atoms with van der Waals surface area (Å²) >= 11 is 0. The van der Waals surface area contributed by atoms with Crippen LogP contribution in [0.5, 0.6) is 0 Å². The number of nitrogens with one attached hydrogen (secondary N) is 1. The standard InChI is InChI=1S/C11H17N3/c1-2-12-5-9-3-4-11(9)10-6-13-8-14-7-10/h6-9,11-12H,2-5H2,1H3. The zero-order valence-corrected chi connectivity index (χ0v) is 8.61. The highest BCUT2D eigenvalue weighted by Crippen LogP contribution is 2.41. The molecule has 2 rings (SSSR count). The quantitative estimate of drug-likeness (QED) is 0.785. The van der Waals surface area contributed by atoms with Crippen LogP contribution in [0.2, 0.25) is 0 Å². The molecule has 2 atom stereocenters. The van der Waals surface area contributed by atoms with E-state index in [-0.39, 0.29) is 0 Å². The lowest BCUT2D eigenvalue weighted by molar-refractivity contribution is 0.246. The van der Waals surface area contributed by atoms with Gasteiger partial charge in [-0.15, -0.1) is 0 Å². The summed E-state index contributed by atoms with van der Waals surface area (Å²) in [5.41, 5.74) is 1.31. The molecule has 1 N–H and O–H groups in total. The highest BCUT2D eigenvalue weighted by molar-refractivity contribution is 5.15. The minimum Gasteiger partial charge on any atom is -0.317 e. The SMILES string of the molecule is CCNCC1CCC1c1cncnc1. The zero-order chi connectivity index (χ0) is 9.80. The lowest BCUT2D eigenvalue weighted by Gasteiger charge is -2.36. The summed E-state index contributed by atoms with van der Waals surface area (Å²) in [7, 11) is 0. The Morgan fingerprint density at radius 3 is 2.71 bits per heavy atom. The average molecular weight is 191 g/mol. The maximum absolute atomic E-state index is 4.07. The summed E-state index contributed by atoms with van der Waals surface area (Å²) in [6.07, 6.45) is 8.14. The Morgan fingerprint density at radius 2 is 2.14 bits per heavy atom. The van der Waals surface area contributed by atoms with Gasteiger partial charge in [0.1, 0.15) is 6.33 Å². The smallest absolute Gasteiger partial charge is 0.115 e. The van der Waals surface area contributed by atoms with Gasteiger partial charge in [-0.05, 0) is 43.3 Å². The third-order valence-corrected chi connectivity index (χ3v) is 3.08. The van der Waals surface area contributed by atoms with Gasteiger partial charge in [-0.1, -0.05) is 6.92 Å². The Morgan fingerprint density at radius 1 is 1.36 bits per heavy atom. The number of nitrogens with zero attached hydrogens (tertiary/aromatic N) is 2. The Balaban J connectivity index is 1.93. The van der Waals surface area contributed by atoms with E-state index in [2.05, 4.69) is 22.2 Å². The number of aromatic nitrogens is 2. The first-order valence-corrected chi connectivity index (χ1v) is 5.37. The molecule has 1 aliphatic rings. The van der Waals surface area contributed by atoms with Crippen LogP contribution in [0, 0.1) is 5.92 Å². The van der Waals surface area contributed by atoms with Gasteiger partial charge < -0.3 is 5.32 Å². The molecule has 2 unspecified atom stereocenters. The predicted molar refractivity (Wildman–Crippen MR) is 56.0 cm³/mol. The molecule has 0 aromatic carbocycles. The third kappa shape index (κ3) is 1.93. The van der Waals surface area contributed by atoms with Crippen LogP contribution < -0.4 is 5.32 Å². The van der Waals surface area contributed by atoms with Crippen molar-refractivity contribution < 1.29 is 0 Å². The lowest BCUT2D eigenvalue weighted by Crippen LogP contribution is -2.33. The molecule has 1 fully saturated rings. The molecule has 1 aliphatic carbocycles. The van der Waals surface area contributed by atoms with E-state index in [4.69, 9.17) is 0 Å². The van der Waals surface area contributed by atoms with E-state index in [0.717, 1.165) is 19.0 Å². The van der Waals surface area contributed by atoms with Gasteiger partial charge in [0.05, 0.1) is 0 Å².